The van der Waals surface area contributed by atoms with Crippen molar-refractivity contribution < 1.29 is 4.79 Å². The lowest BCUT2D eigenvalue weighted by molar-refractivity contribution is 0.0946. The average molecular weight is 362 g/mol. The number of hydrogen-bond acceptors (Lipinski definition) is 3. The van der Waals surface area contributed by atoms with E-state index in [9.17, 15) is 4.79 Å². The summed E-state index contributed by atoms with van der Waals surface area (Å²) in [5, 5.41) is 7.48. The van der Waals surface area contributed by atoms with Crippen LogP contribution in [0.25, 0.3) is 22.0 Å². The fraction of sp³-hybridized carbons (Fsp3) is 0.318. The van der Waals surface area contributed by atoms with Crippen molar-refractivity contribution in [3.63, 3.8) is 0 Å². The normalized spacial score (nSPS) is 19.5. The molecule has 1 fully saturated rings. The number of rotatable bonds is 5. The summed E-state index contributed by atoms with van der Waals surface area (Å²) in [4.78, 5) is 15.8. The van der Waals surface area contributed by atoms with Crippen LogP contribution in [0.2, 0.25) is 0 Å². The summed E-state index contributed by atoms with van der Waals surface area (Å²) >= 11 is 0. The van der Waals surface area contributed by atoms with Crippen molar-refractivity contribution in [3.8, 4) is 11.1 Å². The van der Waals surface area contributed by atoms with Crippen molar-refractivity contribution in [2.75, 3.05) is 19.6 Å². The lowest BCUT2D eigenvalue weighted by Gasteiger charge is -2.11. The Hall–Kier alpha value is -2.63. The van der Waals surface area contributed by atoms with Crippen molar-refractivity contribution in [1.82, 2.24) is 15.6 Å². The molecule has 0 spiro atoms. The third-order valence-corrected chi connectivity index (χ3v) is 5.41. The summed E-state index contributed by atoms with van der Waals surface area (Å²) in [6.07, 6.45) is 1.02. The van der Waals surface area contributed by atoms with Crippen molar-refractivity contribution in [2.24, 2.45) is 11.7 Å². The van der Waals surface area contributed by atoms with Gasteiger partial charge in [0.1, 0.15) is 5.69 Å². The van der Waals surface area contributed by atoms with Gasteiger partial charge in [0.15, 0.2) is 0 Å². The number of fused-ring (bicyclic) bond motifs is 1. The van der Waals surface area contributed by atoms with Gasteiger partial charge in [-0.25, -0.2) is 0 Å². The van der Waals surface area contributed by atoms with Crippen LogP contribution in [0.5, 0.6) is 0 Å². The minimum atomic E-state index is -0.0684. The van der Waals surface area contributed by atoms with Gasteiger partial charge in [0.25, 0.3) is 5.91 Å². The molecule has 4 rings (SSSR count). The number of hydrogen-bond donors (Lipinski definition) is 4. The summed E-state index contributed by atoms with van der Waals surface area (Å²) in [5.74, 6) is 0.446. The number of aromatic nitrogens is 1. The zero-order valence-electron chi connectivity index (χ0n) is 15.6. The second kappa shape index (κ2) is 7.55. The zero-order valence-corrected chi connectivity index (χ0v) is 15.6. The molecule has 0 saturated carbocycles. The predicted octanol–water partition coefficient (Wildman–Crippen LogP) is 2.81. The van der Waals surface area contributed by atoms with Crippen LogP contribution in [0, 0.1) is 12.8 Å². The number of nitrogens with two attached hydrogens (primary N) is 1. The lowest BCUT2D eigenvalue weighted by Crippen LogP contribution is -2.37. The molecule has 2 atom stereocenters. The van der Waals surface area contributed by atoms with Crippen LogP contribution >= 0.6 is 0 Å². The van der Waals surface area contributed by atoms with E-state index in [-0.39, 0.29) is 5.91 Å². The molecule has 140 valence electrons. The Bertz CT molecular complexity index is 945. The van der Waals surface area contributed by atoms with Gasteiger partial charge in [0.05, 0.1) is 0 Å². The molecule has 0 unspecified atom stereocenters. The SMILES string of the molecule is Cc1ccc(-c2ccc3cc(C(=O)NC[C@H]4C[C@H](CN)CN4)[nH]c3c2)cc1. The summed E-state index contributed by atoms with van der Waals surface area (Å²) in [5.41, 5.74) is 10.8. The van der Waals surface area contributed by atoms with Gasteiger partial charge in [-0.1, -0.05) is 42.0 Å². The van der Waals surface area contributed by atoms with E-state index in [0.29, 0.717) is 30.7 Å². The Morgan fingerprint density at radius 3 is 2.67 bits per heavy atom. The van der Waals surface area contributed by atoms with E-state index >= 15 is 0 Å². The fourth-order valence-electron chi connectivity index (χ4n) is 3.72. The second-order valence-corrected chi connectivity index (χ2v) is 7.50. The zero-order chi connectivity index (χ0) is 18.8. The van der Waals surface area contributed by atoms with Gasteiger partial charge < -0.3 is 21.4 Å². The smallest absolute Gasteiger partial charge is 0.267 e. The van der Waals surface area contributed by atoms with E-state index < -0.39 is 0 Å². The first-order chi connectivity index (χ1) is 13.1. The highest BCUT2D eigenvalue weighted by atomic mass is 16.1. The highest BCUT2D eigenvalue weighted by molar-refractivity contribution is 5.98. The third-order valence-electron chi connectivity index (χ3n) is 5.41. The highest BCUT2D eigenvalue weighted by Gasteiger charge is 2.23. The Labute approximate surface area is 159 Å². The summed E-state index contributed by atoms with van der Waals surface area (Å²) in [6.45, 7) is 4.34. The molecule has 1 saturated heterocycles. The summed E-state index contributed by atoms with van der Waals surface area (Å²) < 4.78 is 0. The average Bonchev–Trinajstić information content (AvgIpc) is 3.32. The Morgan fingerprint density at radius 1 is 1.15 bits per heavy atom. The Kier molecular flexibility index (Phi) is 4.97. The van der Waals surface area contributed by atoms with Crippen molar-refractivity contribution in [2.45, 2.75) is 19.4 Å². The molecule has 3 aromatic rings. The molecule has 0 aliphatic carbocycles. The number of amides is 1. The number of aryl methyl sites for hydroxylation is 1. The highest BCUT2D eigenvalue weighted by Crippen LogP contribution is 2.25. The Morgan fingerprint density at radius 2 is 1.93 bits per heavy atom. The number of nitrogens with one attached hydrogen (secondary N) is 3. The van der Waals surface area contributed by atoms with E-state index in [1.54, 1.807) is 0 Å². The molecule has 1 aliphatic rings. The van der Waals surface area contributed by atoms with Crippen molar-refractivity contribution in [3.05, 3.63) is 59.8 Å². The largest absolute Gasteiger partial charge is 0.351 e. The van der Waals surface area contributed by atoms with Crippen LogP contribution in [0.15, 0.2) is 48.5 Å². The van der Waals surface area contributed by atoms with Gasteiger partial charge in [-0.2, -0.15) is 0 Å². The molecule has 0 bridgehead atoms. The van der Waals surface area contributed by atoms with Crippen LogP contribution in [0.3, 0.4) is 0 Å². The number of carbonyl (C=O) groups excluding carboxylic acids is 1. The summed E-state index contributed by atoms with van der Waals surface area (Å²) in [6, 6.07) is 16.9. The quantitative estimate of drug-likeness (QED) is 0.563. The van der Waals surface area contributed by atoms with Crippen LogP contribution in [0.4, 0.5) is 0 Å². The number of benzene rings is 2. The van der Waals surface area contributed by atoms with E-state index in [4.69, 9.17) is 5.73 Å². The monoisotopic (exact) mass is 362 g/mol. The minimum absolute atomic E-state index is 0.0684. The maximum Gasteiger partial charge on any atom is 0.267 e. The topological polar surface area (TPSA) is 82.9 Å². The predicted molar refractivity (Wildman–Crippen MR) is 110 cm³/mol. The maximum absolute atomic E-state index is 12.5. The van der Waals surface area contributed by atoms with E-state index in [0.717, 1.165) is 29.4 Å². The number of H-pyrrole nitrogens is 1. The first-order valence-electron chi connectivity index (χ1n) is 9.54. The molecule has 2 heterocycles. The first-order valence-corrected chi connectivity index (χ1v) is 9.54. The van der Waals surface area contributed by atoms with E-state index in [1.165, 1.54) is 11.1 Å². The lowest BCUT2D eigenvalue weighted by atomic mass is 10.0. The van der Waals surface area contributed by atoms with Crippen LogP contribution in [-0.4, -0.2) is 36.6 Å². The molecule has 5 heteroatoms. The molecule has 1 aromatic heterocycles. The van der Waals surface area contributed by atoms with Crippen LogP contribution in [-0.2, 0) is 0 Å². The molecule has 0 radical (unpaired) electrons. The second-order valence-electron chi connectivity index (χ2n) is 7.50. The fourth-order valence-corrected chi connectivity index (χ4v) is 3.72. The van der Waals surface area contributed by atoms with Crippen LogP contribution in [0.1, 0.15) is 22.5 Å². The Balaban J connectivity index is 1.46. The number of aromatic amines is 1. The molecule has 27 heavy (non-hydrogen) atoms. The molecule has 1 amide bonds. The first kappa shape index (κ1) is 17.8. The number of carbonyl (C=O) groups is 1. The molecule has 1 aliphatic heterocycles. The van der Waals surface area contributed by atoms with Crippen LogP contribution < -0.4 is 16.4 Å². The third kappa shape index (κ3) is 3.89. The van der Waals surface area contributed by atoms with Crippen molar-refractivity contribution in [1.29, 1.82) is 0 Å². The molecular weight excluding hydrogens is 336 g/mol. The van der Waals surface area contributed by atoms with Gasteiger partial charge in [0.2, 0.25) is 0 Å². The van der Waals surface area contributed by atoms with E-state index in [2.05, 4.69) is 65.0 Å². The van der Waals surface area contributed by atoms with Gasteiger partial charge in [-0.3, -0.25) is 4.79 Å². The standard InChI is InChI=1S/C22H26N4O/c1-14-2-4-16(5-3-14)17-6-7-18-10-21(26-20(18)9-17)22(27)25-13-19-8-15(11-23)12-24-19/h2-7,9-10,15,19,24,26H,8,11-13,23H2,1H3,(H,25,27)/t15-,19-/m1/s1. The van der Waals surface area contributed by atoms with Gasteiger partial charge in [-0.15, -0.1) is 0 Å². The molecular formula is C22H26N4O. The van der Waals surface area contributed by atoms with Gasteiger partial charge in [-0.05, 0) is 55.6 Å². The molecule has 2 aromatic carbocycles. The summed E-state index contributed by atoms with van der Waals surface area (Å²) in [7, 11) is 0. The minimum Gasteiger partial charge on any atom is -0.351 e. The molecule has 5 nitrogen and oxygen atoms in total. The van der Waals surface area contributed by atoms with Crippen molar-refractivity contribution >= 4 is 16.8 Å². The van der Waals surface area contributed by atoms with Gasteiger partial charge in [0, 0.05) is 23.5 Å². The molecule has 5 N–H and O–H groups in total. The van der Waals surface area contributed by atoms with Gasteiger partial charge >= 0.3 is 0 Å². The maximum atomic E-state index is 12.5. The van der Waals surface area contributed by atoms with E-state index in [1.807, 2.05) is 6.07 Å².